The second-order valence-corrected chi connectivity index (χ2v) is 5.45. The first kappa shape index (κ1) is 14.3. The summed E-state index contributed by atoms with van der Waals surface area (Å²) in [4.78, 5) is 16.2. The monoisotopic (exact) mass is 317 g/mol. The lowest BCUT2D eigenvalue weighted by Crippen LogP contribution is -2.05. The number of carbonyl (C=O) groups excluding carboxylic acids is 1. The molecule has 116 valence electrons. The summed E-state index contributed by atoms with van der Waals surface area (Å²) in [5.41, 5.74) is 1.65. The van der Waals surface area contributed by atoms with Crippen LogP contribution in [0.5, 0.6) is 0 Å². The number of hydrogen-bond donors (Lipinski definition) is 0. The van der Waals surface area contributed by atoms with Gasteiger partial charge in [0.1, 0.15) is 5.82 Å². The van der Waals surface area contributed by atoms with Gasteiger partial charge in [0.05, 0.1) is 0 Å². The summed E-state index contributed by atoms with van der Waals surface area (Å²) in [6, 6.07) is 19.6. The summed E-state index contributed by atoms with van der Waals surface area (Å²) in [7, 11) is 0. The third kappa shape index (κ3) is 2.70. The van der Waals surface area contributed by atoms with Crippen LogP contribution in [0.25, 0.3) is 16.8 Å². The molecule has 0 amide bonds. The second-order valence-electron chi connectivity index (χ2n) is 5.45. The average molecular weight is 317 g/mol. The first-order chi connectivity index (χ1) is 11.7. The molecule has 0 aromatic heterocycles. The zero-order valence-corrected chi connectivity index (χ0v) is 12.6. The van der Waals surface area contributed by atoms with E-state index in [9.17, 15) is 9.18 Å². The predicted molar refractivity (Wildman–Crippen MR) is 91.0 cm³/mol. The molecule has 3 aromatic rings. The Bertz CT molecular complexity index is 1000. The van der Waals surface area contributed by atoms with Crippen molar-refractivity contribution in [1.29, 1.82) is 0 Å². The van der Waals surface area contributed by atoms with E-state index in [4.69, 9.17) is 4.74 Å². The van der Waals surface area contributed by atoms with E-state index in [-0.39, 0.29) is 17.4 Å². The number of nitrogens with zero attached hydrogens (tertiary/aromatic N) is 1. The Morgan fingerprint density at radius 2 is 1.67 bits per heavy atom. The maximum absolute atomic E-state index is 13.0. The minimum atomic E-state index is -0.512. The molecule has 4 rings (SSSR count). The number of esters is 1. The van der Waals surface area contributed by atoms with Crippen LogP contribution >= 0.6 is 0 Å². The van der Waals surface area contributed by atoms with Gasteiger partial charge in [0.2, 0.25) is 5.90 Å². The van der Waals surface area contributed by atoms with Crippen molar-refractivity contribution in [3.63, 3.8) is 0 Å². The van der Waals surface area contributed by atoms with Crippen molar-refractivity contribution in [3.8, 4) is 0 Å². The van der Waals surface area contributed by atoms with Crippen LogP contribution in [-0.4, -0.2) is 11.9 Å². The van der Waals surface area contributed by atoms with E-state index in [1.165, 1.54) is 24.3 Å². The van der Waals surface area contributed by atoms with Gasteiger partial charge in [-0.05, 0) is 52.7 Å². The van der Waals surface area contributed by atoms with Gasteiger partial charge in [-0.15, -0.1) is 0 Å². The van der Waals surface area contributed by atoms with Crippen LogP contribution in [0.4, 0.5) is 4.39 Å². The Labute approximate surface area is 137 Å². The maximum atomic E-state index is 13.0. The Balaban J connectivity index is 1.70. The highest BCUT2D eigenvalue weighted by molar-refractivity contribution is 6.12. The molecule has 1 aliphatic heterocycles. The normalized spacial score (nSPS) is 15.6. The molecule has 0 N–H and O–H groups in total. The van der Waals surface area contributed by atoms with Gasteiger partial charge in [0.25, 0.3) is 0 Å². The predicted octanol–water partition coefficient (Wildman–Crippen LogP) is 4.32. The SMILES string of the molecule is O=C1OC(c2ccc(F)cc2)=N/C1=C\c1ccc2ccccc2c1. The second kappa shape index (κ2) is 5.74. The Morgan fingerprint density at radius 1 is 0.917 bits per heavy atom. The van der Waals surface area contributed by atoms with E-state index < -0.39 is 5.97 Å². The van der Waals surface area contributed by atoms with Gasteiger partial charge in [-0.25, -0.2) is 14.2 Å². The van der Waals surface area contributed by atoms with Crippen molar-refractivity contribution in [2.45, 2.75) is 0 Å². The van der Waals surface area contributed by atoms with Crippen LogP contribution in [0.2, 0.25) is 0 Å². The van der Waals surface area contributed by atoms with Gasteiger partial charge in [0.15, 0.2) is 5.70 Å². The summed E-state index contributed by atoms with van der Waals surface area (Å²) < 4.78 is 18.2. The molecular formula is C20H12FNO2. The largest absolute Gasteiger partial charge is 0.402 e. The van der Waals surface area contributed by atoms with E-state index in [0.29, 0.717) is 5.56 Å². The van der Waals surface area contributed by atoms with Crippen LogP contribution < -0.4 is 0 Å². The van der Waals surface area contributed by atoms with E-state index in [1.54, 1.807) is 6.08 Å². The molecular weight excluding hydrogens is 305 g/mol. The fourth-order valence-electron chi connectivity index (χ4n) is 2.58. The molecule has 0 aliphatic carbocycles. The van der Waals surface area contributed by atoms with Crippen molar-refractivity contribution < 1.29 is 13.9 Å². The van der Waals surface area contributed by atoms with Gasteiger partial charge >= 0.3 is 5.97 Å². The highest BCUT2D eigenvalue weighted by Crippen LogP contribution is 2.22. The molecule has 1 aliphatic rings. The van der Waals surface area contributed by atoms with Gasteiger partial charge in [-0.2, -0.15) is 0 Å². The number of cyclic esters (lactones) is 1. The lowest BCUT2D eigenvalue weighted by Gasteiger charge is -1.99. The van der Waals surface area contributed by atoms with Gasteiger partial charge < -0.3 is 4.74 Å². The molecule has 4 heteroatoms. The van der Waals surface area contributed by atoms with Crippen LogP contribution in [0.3, 0.4) is 0 Å². The zero-order valence-electron chi connectivity index (χ0n) is 12.6. The van der Waals surface area contributed by atoms with E-state index in [0.717, 1.165) is 16.3 Å². The number of aliphatic imine (C=N–C) groups is 1. The van der Waals surface area contributed by atoms with Crippen LogP contribution in [0.1, 0.15) is 11.1 Å². The lowest BCUT2D eigenvalue weighted by atomic mass is 10.1. The quantitative estimate of drug-likeness (QED) is 0.521. The molecule has 0 unspecified atom stereocenters. The number of benzene rings is 3. The molecule has 0 saturated heterocycles. The van der Waals surface area contributed by atoms with Crippen molar-refractivity contribution >= 4 is 28.7 Å². The van der Waals surface area contributed by atoms with Crippen molar-refractivity contribution in [2.75, 3.05) is 0 Å². The first-order valence-electron chi connectivity index (χ1n) is 7.46. The first-order valence-corrected chi connectivity index (χ1v) is 7.46. The third-order valence-corrected chi connectivity index (χ3v) is 3.79. The Kier molecular flexibility index (Phi) is 3.43. The fourth-order valence-corrected chi connectivity index (χ4v) is 2.58. The average Bonchev–Trinajstić information content (AvgIpc) is 2.96. The van der Waals surface area contributed by atoms with Crippen molar-refractivity contribution in [3.05, 3.63) is 89.4 Å². The van der Waals surface area contributed by atoms with Crippen molar-refractivity contribution in [1.82, 2.24) is 0 Å². The lowest BCUT2D eigenvalue weighted by molar-refractivity contribution is -0.129. The molecule has 1 heterocycles. The fraction of sp³-hybridized carbons (Fsp3) is 0. The van der Waals surface area contributed by atoms with E-state index >= 15 is 0 Å². The highest BCUT2D eigenvalue weighted by atomic mass is 19.1. The number of hydrogen-bond acceptors (Lipinski definition) is 3. The Hall–Kier alpha value is -3.27. The number of ether oxygens (including phenoxy) is 1. The van der Waals surface area contributed by atoms with Gasteiger partial charge in [-0.1, -0.05) is 36.4 Å². The van der Waals surface area contributed by atoms with Crippen LogP contribution in [0.15, 0.2) is 77.4 Å². The number of rotatable bonds is 2. The molecule has 0 bridgehead atoms. The van der Waals surface area contributed by atoms with E-state index in [2.05, 4.69) is 4.99 Å². The Morgan fingerprint density at radius 3 is 2.46 bits per heavy atom. The summed E-state index contributed by atoms with van der Waals surface area (Å²) in [6.07, 6.45) is 1.69. The standard InChI is InChI=1S/C20H12FNO2/c21-17-9-7-15(8-10-17)19-22-18(20(23)24-19)12-13-5-6-14-3-1-2-4-16(14)11-13/h1-12H/b18-12-. The number of carbonyl (C=O) groups is 1. The molecule has 3 aromatic carbocycles. The molecule has 24 heavy (non-hydrogen) atoms. The van der Waals surface area contributed by atoms with Crippen LogP contribution in [0, 0.1) is 5.82 Å². The minimum absolute atomic E-state index is 0.187. The topological polar surface area (TPSA) is 38.7 Å². The summed E-state index contributed by atoms with van der Waals surface area (Å²) >= 11 is 0. The summed E-state index contributed by atoms with van der Waals surface area (Å²) in [6.45, 7) is 0. The molecule has 0 saturated carbocycles. The maximum Gasteiger partial charge on any atom is 0.363 e. The highest BCUT2D eigenvalue weighted by Gasteiger charge is 2.24. The molecule has 3 nitrogen and oxygen atoms in total. The van der Waals surface area contributed by atoms with Crippen molar-refractivity contribution in [2.24, 2.45) is 4.99 Å². The smallest absolute Gasteiger partial charge is 0.363 e. The van der Waals surface area contributed by atoms with Crippen LogP contribution in [-0.2, 0) is 9.53 Å². The van der Waals surface area contributed by atoms with E-state index in [1.807, 2.05) is 42.5 Å². The molecule has 0 fully saturated rings. The molecule has 0 atom stereocenters. The third-order valence-electron chi connectivity index (χ3n) is 3.79. The molecule has 0 spiro atoms. The number of halogens is 1. The van der Waals surface area contributed by atoms with Gasteiger partial charge in [0, 0.05) is 5.56 Å². The molecule has 0 radical (unpaired) electrons. The summed E-state index contributed by atoms with van der Waals surface area (Å²) in [5.74, 6) is -0.676. The minimum Gasteiger partial charge on any atom is -0.402 e. The summed E-state index contributed by atoms with van der Waals surface area (Å²) in [5, 5.41) is 2.21. The van der Waals surface area contributed by atoms with Gasteiger partial charge in [-0.3, -0.25) is 0 Å². The zero-order chi connectivity index (χ0) is 16.5. The number of fused-ring (bicyclic) bond motifs is 1.